The van der Waals surface area contributed by atoms with Crippen LogP contribution in [0.2, 0.25) is 0 Å². The SMILES string of the molecule is CC(O)CC(C)CNC(=O)c1ccncc1F. The number of hydrogen-bond acceptors (Lipinski definition) is 3. The van der Waals surface area contributed by atoms with Crippen LogP contribution in [0.4, 0.5) is 4.39 Å². The lowest BCUT2D eigenvalue weighted by Gasteiger charge is -2.14. The van der Waals surface area contributed by atoms with Crippen molar-refractivity contribution < 1.29 is 14.3 Å². The first-order valence-electron chi connectivity index (χ1n) is 5.56. The van der Waals surface area contributed by atoms with Gasteiger partial charge in [-0.15, -0.1) is 0 Å². The second kappa shape index (κ2) is 6.30. The molecular formula is C12H17FN2O2. The molecule has 1 amide bonds. The van der Waals surface area contributed by atoms with Crippen molar-refractivity contribution in [2.24, 2.45) is 5.92 Å². The Morgan fingerprint density at radius 1 is 1.59 bits per heavy atom. The molecule has 0 aliphatic rings. The number of nitrogens with one attached hydrogen (secondary N) is 1. The van der Waals surface area contributed by atoms with Crippen LogP contribution in [0.3, 0.4) is 0 Å². The Morgan fingerprint density at radius 3 is 2.88 bits per heavy atom. The summed E-state index contributed by atoms with van der Waals surface area (Å²) in [6.45, 7) is 4.02. The Bertz CT molecular complexity index is 383. The second-order valence-electron chi connectivity index (χ2n) is 4.26. The van der Waals surface area contributed by atoms with E-state index in [1.807, 2.05) is 6.92 Å². The van der Waals surface area contributed by atoms with Crippen LogP contribution in [0.5, 0.6) is 0 Å². The molecule has 17 heavy (non-hydrogen) atoms. The Labute approximate surface area is 99.9 Å². The third-order valence-corrected chi connectivity index (χ3v) is 2.37. The number of carbonyl (C=O) groups excluding carboxylic acids is 1. The van der Waals surface area contributed by atoms with E-state index in [1.165, 1.54) is 12.3 Å². The maximum absolute atomic E-state index is 13.2. The van der Waals surface area contributed by atoms with E-state index >= 15 is 0 Å². The fourth-order valence-corrected chi connectivity index (χ4v) is 1.59. The molecule has 0 aliphatic heterocycles. The molecule has 2 unspecified atom stereocenters. The Morgan fingerprint density at radius 2 is 2.29 bits per heavy atom. The summed E-state index contributed by atoms with van der Waals surface area (Å²) < 4.78 is 13.2. The van der Waals surface area contributed by atoms with Crippen molar-refractivity contribution in [2.45, 2.75) is 26.4 Å². The van der Waals surface area contributed by atoms with Gasteiger partial charge in [0.15, 0.2) is 5.82 Å². The summed E-state index contributed by atoms with van der Waals surface area (Å²) in [5.74, 6) is -0.945. The smallest absolute Gasteiger partial charge is 0.254 e. The van der Waals surface area contributed by atoms with E-state index in [2.05, 4.69) is 10.3 Å². The number of aromatic nitrogens is 1. The fourth-order valence-electron chi connectivity index (χ4n) is 1.59. The number of amides is 1. The highest BCUT2D eigenvalue weighted by Gasteiger charge is 2.12. The summed E-state index contributed by atoms with van der Waals surface area (Å²) in [4.78, 5) is 15.2. The fraction of sp³-hybridized carbons (Fsp3) is 0.500. The third kappa shape index (κ3) is 4.48. The van der Waals surface area contributed by atoms with Crippen molar-refractivity contribution in [3.05, 3.63) is 29.8 Å². The Hall–Kier alpha value is -1.49. The zero-order valence-corrected chi connectivity index (χ0v) is 9.98. The van der Waals surface area contributed by atoms with Crippen molar-refractivity contribution in [1.29, 1.82) is 0 Å². The molecular weight excluding hydrogens is 223 g/mol. The van der Waals surface area contributed by atoms with E-state index in [1.54, 1.807) is 6.92 Å². The van der Waals surface area contributed by atoms with Gasteiger partial charge in [-0.3, -0.25) is 9.78 Å². The van der Waals surface area contributed by atoms with Crippen LogP contribution in [-0.2, 0) is 0 Å². The molecule has 1 heterocycles. The van der Waals surface area contributed by atoms with Gasteiger partial charge in [0, 0.05) is 12.7 Å². The van der Waals surface area contributed by atoms with E-state index in [4.69, 9.17) is 5.11 Å². The topological polar surface area (TPSA) is 62.2 Å². The van der Waals surface area contributed by atoms with Crippen molar-refractivity contribution in [3.63, 3.8) is 0 Å². The lowest BCUT2D eigenvalue weighted by Crippen LogP contribution is -2.30. The number of hydrogen-bond donors (Lipinski definition) is 2. The van der Waals surface area contributed by atoms with Gasteiger partial charge in [0.1, 0.15) is 0 Å². The molecule has 2 N–H and O–H groups in total. The standard InChI is InChI=1S/C12H17FN2O2/c1-8(5-9(2)16)6-15-12(17)10-3-4-14-7-11(10)13/h3-4,7-9,16H,5-6H2,1-2H3,(H,15,17). The highest BCUT2D eigenvalue weighted by molar-refractivity contribution is 5.94. The molecule has 1 aromatic rings. The summed E-state index contributed by atoms with van der Waals surface area (Å²) in [5.41, 5.74) is -0.00996. The molecule has 0 saturated carbocycles. The average molecular weight is 240 g/mol. The predicted molar refractivity (Wildman–Crippen MR) is 62.0 cm³/mol. The number of pyridine rings is 1. The molecule has 0 fully saturated rings. The van der Waals surface area contributed by atoms with E-state index < -0.39 is 17.8 Å². The minimum atomic E-state index is -0.631. The predicted octanol–water partition coefficient (Wildman–Crippen LogP) is 1.36. The number of aliphatic hydroxyl groups excluding tert-OH is 1. The monoisotopic (exact) mass is 240 g/mol. The first-order valence-corrected chi connectivity index (χ1v) is 5.56. The summed E-state index contributed by atoms with van der Waals surface area (Å²) in [5, 5.41) is 11.8. The van der Waals surface area contributed by atoms with Gasteiger partial charge in [0.25, 0.3) is 5.91 Å². The van der Waals surface area contributed by atoms with E-state index in [-0.39, 0.29) is 11.5 Å². The first kappa shape index (κ1) is 13.6. The maximum atomic E-state index is 13.2. The van der Waals surface area contributed by atoms with Gasteiger partial charge in [-0.25, -0.2) is 4.39 Å². The summed E-state index contributed by atoms with van der Waals surface area (Å²) in [7, 11) is 0. The molecule has 94 valence electrons. The summed E-state index contributed by atoms with van der Waals surface area (Å²) >= 11 is 0. The Kier molecular flexibility index (Phi) is 5.03. The number of aliphatic hydroxyl groups is 1. The molecule has 0 aromatic carbocycles. The zero-order valence-electron chi connectivity index (χ0n) is 9.98. The first-order chi connectivity index (χ1) is 8.00. The average Bonchev–Trinajstić information content (AvgIpc) is 2.25. The number of halogens is 1. The van der Waals surface area contributed by atoms with E-state index in [0.717, 1.165) is 6.20 Å². The van der Waals surface area contributed by atoms with Gasteiger partial charge < -0.3 is 10.4 Å². The quantitative estimate of drug-likeness (QED) is 0.816. The van der Waals surface area contributed by atoms with Gasteiger partial charge in [-0.05, 0) is 25.3 Å². The van der Waals surface area contributed by atoms with Crippen LogP contribution in [-0.4, -0.2) is 28.6 Å². The van der Waals surface area contributed by atoms with Crippen molar-refractivity contribution in [2.75, 3.05) is 6.54 Å². The molecule has 0 radical (unpaired) electrons. The third-order valence-electron chi connectivity index (χ3n) is 2.37. The highest BCUT2D eigenvalue weighted by atomic mass is 19.1. The zero-order chi connectivity index (χ0) is 12.8. The molecule has 0 spiro atoms. The maximum Gasteiger partial charge on any atom is 0.254 e. The van der Waals surface area contributed by atoms with Gasteiger partial charge >= 0.3 is 0 Å². The minimum absolute atomic E-state index is 0.00996. The van der Waals surface area contributed by atoms with Crippen molar-refractivity contribution in [1.82, 2.24) is 10.3 Å². The van der Waals surface area contributed by atoms with Gasteiger partial charge in [-0.1, -0.05) is 6.92 Å². The van der Waals surface area contributed by atoms with Crippen molar-refractivity contribution >= 4 is 5.91 Å². The second-order valence-corrected chi connectivity index (χ2v) is 4.26. The lowest BCUT2D eigenvalue weighted by molar-refractivity contribution is 0.0935. The minimum Gasteiger partial charge on any atom is -0.393 e. The molecule has 1 aromatic heterocycles. The van der Waals surface area contributed by atoms with Gasteiger partial charge in [0.2, 0.25) is 0 Å². The molecule has 1 rings (SSSR count). The lowest BCUT2D eigenvalue weighted by atomic mass is 10.0. The molecule has 0 bridgehead atoms. The number of nitrogens with zero attached hydrogens (tertiary/aromatic N) is 1. The highest BCUT2D eigenvalue weighted by Crippen LogP contribution is 2.06. The number of carbonyl (C=O) groups is 1. The van der Waals surface area contributed by atoms with E-state index in [9.17, 15) is 9.18 Å². The van der Waals surface area contributed by atoms with Crippen LogP contribution in [0.15, 0.2) is 18.5 Å². The molecule has 2 atom stereocenters. The molecule has 4 nitrogen and oxygen atoms in total. The van der Waals surface area contributed by atoms with Crippen LogP contribution < -0.4 is 5.32 Å². The van der Waals surface area contributed by atoms with Gasteiger partial charge in [0.05, 0.1) is 17.9 Å². The van der Waals surface area contributed by atoms with Crippen LogP contribution >= 0.6 is 0 Å². The largest absolute Gasteiger partial charge is 0.393 e. The summed E-state index contributed by atoms with van der Waals surface area (Å²) in [6, 6.07) is 1.34. The normalized spacial score (nSPS) is 14.1. The van der Waals surface area contributed by atoms with Crippen LogP contribution in [0.1, 0.15) is 30.6 Å². The Balaban J connectivity index is 2.48. The van der Waals surface area contributed by atoms with Crippen LogP contribution in [0, 0.1) is 11.7 Å². The van der Waals surface area contributed by atoms with Crippen molar-refractivity contribution in [3.8, 4) is 0 Å². The molecule has 0 aliphatic carbocycles. The van der Waals surface area contributed by atoms with Crippen LogP contribution in [0.25, 0.3) is 0 Å². The van der Waals surface area contributed by atoms with E-state index in [0.29, 0.717) is 13.0 Å². The van der Waals surface area contributed by atoms with Gasteiger partial charge in [-0.2, -0.15) is 0 Å². The molecule has 5 heteroatoms. The summed E-state index contributed by atoms with van der Waals surface area (Å²) in [6.07, 6.45) is 2.57. The number of rotatable bonds is 5. The molecule has 0 saturated heterocycles.